The monoisotopic (exact) mass is 718 g/mol. The Kier molecular flexibility index (Phi) is 14.4. The van der Waals surface area contributed by atoms with Crippen LogP contribution in [0.15, 0.2) is 91.0 Å². The van der Waals surface area contributed by atoms with Gasteiger partial charge in [0.05, 0.1) is 6.04 Å². The average molecular weight is 720 g/mol. The van der Waals surface area contributed by atoms with E-state index in [9.17, 15) is 27.9 Å². The van der Waals surface area contributed by atoms with Crippen molar-refractivity contribution in [1.29, 1.82) is 0 Å². The molecule has 0 aliphatic carbocycles. The minimum absolute atomic E-state index is 0.151. The molecule has 0 saturated carbocycles. The van der Waals surface area contributed by atoms with Crippen LogP contribution in [0.1, 0.15) is 27.0 Å². The number of nitrogens with one attached hydrogen (secondary N) is 1. The molecule has 4 aromatic rings. The van der Waals surface area contributed by atoms with Gasteiger partial charge in [-0.3, -0.25) is 9.59 Å². The van der Waals surface area contributed by atoms with E-state index in [1.54, 1.807) is 47.4 Å². The zero-order valence-electron chi connectivity index (χ0n) is 26.1. The van der Waals surface area contributed by atoms with Crippen molar-refractivity contribution < 1.29 is 37.8 Å². The normalized spacial score (nSPS) is 11.6. The van der Waals surface area contributed by atoms with E-state index in [2.05, 4.69) is 5.32 Å². The van der Waals surface area contributed by atoms with Gasteiger partial charge in [0.2, 0.25) is 5.91 Å². The van der Waals surface area contributed by atoms with Gasteiger partial charge in [0.1, 0.15) is 5.75 Å². The third-order valence-corrected chi connectivity index (χ3v) is 7.73. The highest BCUT2D eigenvalue weighted by molar-refractivity contribution is 6.35. The summed E-state index contributed by atoms with van der Waals surface area (Å²) in [4.78, 5) is 37.1. The zero-order chi connectivity index (χ0) is 36.1. The summed E-state index contributed by atoms with van der Waals surface area (Å²) in [6.07, 6.45) is -4.25. The lowest BCUT2D eigenvalue weighted by molar-refractivity contribution is -0.192. The molecule has 0 aromatic heterocycles. The lowest BCUT2D eigenvalue weighted by atomic mass is 9.97. The maximum Gasteiger partial charge on any atom is 0.490 e. The molecule has 0 bridgehead atoms. The largest absolute Gasteiger partial charge is 0.508 e. The lowest BCUT2D eigenvalue weighted by Crippen LogP contribution is -2.45. The molecule has 14 heteroatoms. The van der Waals surface area contributed by atoms with Gasteiger partial charge in [-0.25, -0.2) is 4.79 Å². The van der Waals surface area contributed by atoms with Crippen LogP contribution in [0.3, 0.4) is 0 Å². The van der Waals surface area contributed by atoms with E-state index in [0.717, 1.165) is 27.8 Å². The summed E-state index contributed by atoms with van der Waals surface area (Å²) in [5.41, 5.74) is 16.8. The summed E-state index contributed by atoms with van der Waals surface area (Å²) in [6.45, 7) is 1.42. The van der Waals surface area contributed by atoms with Crippen LogP contribution in [0.5, 0.6) is 5.75 Å². The van der Waals surface area contributed by atoms with E-state index >= 15 is 0 Å². The highest BCUT2D eigenvalue weighted by atomic mass is 35.5. The van der Waals surface area contributed by atoms with Crippen LogP contribution >= 0.6 is 23.2 Å². The fraction of sp³-hybridized carbons (Fsp3) is 0.229. The second-order valence-corrected chi connectivity index (χ2v) is 11.7. The highest BCUT2D eigenvalue weighted by Crippen LogP contribution is 2.26. The van der Waals surface area contributed by atoms with E-state index in [1.165, 1.54) is 0 Å². The smallest absolute Gasteiger partial charge is 0.490 e. The summed E-state index contributed by atoms with van der Waals surface area (Å²) < 4.78 is 31.7. The minimum Gasteiger partial charge on any atom is -0.508 e. The molecule has 0 radical (unpaired) electrons. The molecule has 0 aliphatic heterocycles. The molecule has 9 nitrogen and oxygen atoms in total. The number of halogens is 5. The maximum absolute atomic E-state index is 13.7. The first-order valence-electron chi connectivity index (χ1n) is 14.9. The first-order valence-corrected chi connectivity index (χ1v) is 15.7. The highest BCUT2D eigenvalue weighted by Gasteiger charge is 2.38. The van der Waals surface area contributed by atoms with Gasteiger partial charge in [0.25, 0.3) is 5.91 Å². The summed E-state index contributed by atoms with van der Waals surface area (Å²) in [6, 6.07) is 26.4. The number of aromatic hydroxyl groups is 1. The van der Waals surface area contributed by atoms with Gasteiger partial charge in [0.15, 0.2) is 0 Å². The third-order valence-electron chi connectivity index (χ3n) is 7.14. The molecule has 0 heterocycles. The first kappa shape index (κ1) is 38.8. The van der Waals surface area contributed by atoms with Crippen LogP contribution in [0.4, 0.5) is 13.2 Å². The van der Waals surface area contributed by atoms with Gasteiger partial charge < -0.3 is 31.9 Å². The Hall–Kier alpha value is -4.62. The quantitative estimate of drug-likeness (QED) is 0.123. The number of carboxylic acid groups (broad SMARTS) is 1. The molecule has 7 N–H and O–H groups in total. The second-order valence-electron chi connectivity index (χ2n) is 10.8. The molecule has 0 aliphatic rings. The molecular weight excluding hydrogens is 684 g/mol. The van der Waals surface area contributed by atoms with Crippen molar-refractivity contribution in [3.63, 3.8) is 0 Å². The number of hydrogen-bond acceptors (Lipinski definition) is 6. The van der Waals surface area contributed by atoms with Crippen LogP contribution in [-0.4, -0.2) is 64.7 Å². The number of nitrogens with zero attached hydrogens (tertiary/aromatic N) is 1. The Morgan fingerprint density at radius 1 is 0.898 bits per heavy atom. The molecule has 0 saturated heterocycles. The minimum atomic E-state index is -5.08. The van der Waals surface area contributed by atoms with Gasteiger partial charge in [-0.1, -0.05) is 77.8 Å². The molecule has 1 atom stereocenters. The molecule has 4 rings (SSSR count). The number of carbonyl (C=O) groups is 3. The van der Waals surface area contributed by atoms with Crippen molar-refractivity contribution in [2.75, 3.05) is 19.6 Å². The lowest BCUT2D eigenvalue weighted by Gasteiger charge is -2.27. The predicted molar refractivity (Wildman–Crippen MR) is 182 cm³/mol. The molecule has 0 fully saturated rings. The number of benzene rings is 4. The van der Waals surface area contributed by atoms with Crippen molar-refractivity contribution in [3.8, 4) is 16.9 Å². The number of rotatable bonds is 12. The summed E-state index contributed by atoms with van der Waals surface area (Å²) >= 11 is 12.5. The van der Waals surface area contributed by atoms with Crippen molar-refractivity contribution in [1.82, 2.24) is 10.2 Å². The van der Waals surface area contributed by atoms with Gasteiger partial charge in [0, 0.05) is 41.8 Å². The molecule has 0 spiro atoms. The van der Waals surface area contributed by atoms with Crippen LogP contribution in [0.2, 0.25) is 10.0 Å². The Bertz CT molecular complexity index is 1740. The zero-order valence-corrected chi connectivity index (χ0v) is 27.6. The van der Waals surface area contributed by atoms with E-state index in [4.69, 9.17) is 44.6 Å². The number of nitrogens with two attached hydrogens (primary N) is 2. The number of amides is 2. The Labute approximate surface area is 291 Å². The molecule has 4 aromatic carbocycles. The average Bonchev–Trinajstić information content (AvgIpc) is 3.06. The number of hydrogen-bond donors (Lipinski definition) is 5. The summed E-state index contributed by atoms with van der Waals surface area (Å²) in [5, 5.41) is 20.6. The van der Waals surface area contributed by atoms with Crippen LogP contribution in [0, 0.1) is 0 Å². The number of aliphatic carboxylic acids is 1. The van der Waals surface area contributed by atoms with Gasteiger partial charge in [-0.2, -0.15) is 13.2 Å². The number of phenolic OH excluding ortho intramolecular Hbond substituents is 1. The van der Waals surface area contributed by atoms with Crippen molar-refractivity contribution >= 4 is 41.0 Å². The van der Waals surface area contributed by atoms with Crippen LogP contribution in [-0.2, 0) is 29.0 Å². The molecule has 2 amide bonds. The van der Waals surface area contributed by atoms with Crippen LogP contribution in [0.25, 0.3) is 11.1 Å². The summed E-state index contributed by atoms with van der Waals surface area (Å²) in [5.74, 6) is -3.01. The Morgan fingerprint density at radius 2 is 1.57 bits per heavy atom. The van der Waals surface area contributed by atoms with Gasteiger partial charge >= 0.3 is 12.1 Å². The molecule has 260 valence electrons. The van der Waals surface area contributed by atoms with Gasteiger partial charge in [-0.15, -0.1) is 0 Å². The Morgan fingerprint density at radius 3 is 2.20 bits per heavy atom. The van der Waals surface area contributed by atoms with Gasteiger partial charge in [-0.05, 0) is 77.1 Å². The SMILES string of the molecule is NCCNC(=O)c1ccccc1-c1cccc(CN(CCc2ccc(Cl)cc2Cl)C(=O)C(N)Cc2ccc(O)cc2)c1.O=C(O)C(F)(F)F. The van der Waals surface area contributed by atoms with E-state index in [-0.39, 0.29) is 17.6 Å². The second kappa shape index (κ2) is 18.2. The Balaban J connectivity index is 0.000000838. The van der Waals surface area contributed by atoms with Crippen LogP contribution < -0.4 is 16.8 Å². The van der Waals surface area contributed by atoms with E-state index in [0.29, 0.717) is 54.6 Å². The predicted octanol–water partition coefficient (Wildman–Crippen LogP) is 5.83. The number of carbonyl (C=O) groups excluding carboxylic acids is 2. The van der Waals surface area contributed by atoms with E-state index in [1.807, 2.05) is 48.5 Å². The fourth-order valence-electron chi connectivity index (χ4n) is 4.73. The van der Waals surface area contributed by atoms with E-state index < -0.39 is 18.2 Å². The third kappa shape index (κ3) is 12.1. The number of alkyl halides is 3. The molecule has 1 unspecified atom stereocenters. The first-order chi connectivity index (χ1) is 23.2. The van der Waals surface area contributed by atoms with Crippen molar-refractivity contribution in [3.05, 3.63) is 123 Å². The van der Waals surface area contributed by atoms with Crippen molar-refractivity contribution in [2.24, 2.45) is 11.5 Å². The summed E-state index contributed by atoms with van der Waals surface area (Å²) in [7, 11) is 0. The number of carboxylic acids is 1. The fourth-order valence-corrected chi connectivity index (χ4v) is 5.23. The molecule has 49 heavy (non-hydrogen) atoms. The molecular formula is C35H35Cl2F3N4O5. The standard InChI is InChI=1S/C33H34Cl2N4O3.C2HF3O2/c34-26-11-10-24(30(35)20-26)14-17-39(33(42)31(37)19-22-8-12-27(40)13-9-22)21-23-4-3-5-25(18-23)28-6-1-2-7-29(28)32(41)38-16-15-36;3-2(4,5)1(6)7/h1-13,18,20,31,40H,14-17,19,21,36-37H2,(H,38,41);(H,6,7). The maximum atomic E-state index is 13.7. The topological polar surface area (TPSA) is 159 Å². The van der Waals surface area contributed by atoms with Crippen molar-refractivity contribution in [2.45, 2.75) is 31.6 Å². The number of phenols is 1.